The highest BCUT2D eigenvalue weighted by atomic mass is 19.4. The number of carboxylic acids is 2. The Bertz CT molecular complexity index is 3710. The van der Waals surface area contributed by atoms with Crippen LogP contribution in [0.1, 0.15) is 143 Å². The summed E-state index contributed by atoms with van der Waals surface area (Å²) in [5, 5.41) is 34.6. The number of nitrogens with one attached hydrogen (secondary N) is 2. The maximum absolute atomic E-state index is 14.5. The number of halogens is 9. The van der Waals surface area contributed by atoms with Crippen molar-refractivity contribution in [1.29, 1.82) is 0 Å². The van der Waals surface area contributed by atoms with Crippen LogP contribution in [0, 0.1) is 23.7 Å². The molecule has 6 aliphatic carbocycles. The van der Waals surface area contributed by atoms with E-state index in [0.717, 1.165) is 37.9 Å². The Balaban J connectivity index is 0.729. The summed E-state index contributed by atoms with van der Waals surface area (Å²) < 4.78 is 161. The van der Waals surface area contributed by atoms with Crippen molar-refractivity contribution >= 4 is 34.5 Å². The molecule has 6 unspecified atom stereocenters. The van der Waals surface area contributed by atoms with Crippen molar-refractivity contribution in [3.63, 3.8) is 0 Å². The van der Waals surface area contributed by atoms with Crippen molar-refractivity contribution in [2.24, 2.45) is 23.7 Å². The third-order valence-corrected chi connectivity index (χ3v) is 18.0. The van der Waals surface area contributed by atoms with Crippen LogP contribution in [0.3, 0.4) is 0 Å². The number of aromatic carboxylic acids is 2. The van der Waals surface area contributed by atoms with Gasteiger partial charge in [-0.2, -0.15) is 13.2 Å². The number of hydrogen-bond acceptors (Lipinski definition) is 14. The van der Waals surface area contributed by atoms with Crippen LogP contribution in [0.15, 0.2) is 94.1 Å². The van der Waals surface area contributed by atoms with Gasteiger partial charge in [0.2, 0.25) is 0 Å². The van der Waals surface area contributed by atoms with Gasteiger partial charge in [0.05, 0.1) is 47.6 Å². The number of aromatic nitrogens is 4. The molecule has 6 aliphatic rings. The molecule has 13 rings (SSSR count). The van der Waals surface area contributed by atoms with Crippen LogP contribution in [0.4, 0.5) is 51.1 Å². The SMILES string of the molecule is O=C(O)c1cnc(NC2C3CCC2CC(OCc2c(-c4ccc(C5CC5c5onc(-c6ccccc6OC(F)(F)F)c5COC5CC6CCC(C5)C6Nc5ccc6cc(C(=O)O)ccc6n5)cc4OC(F)(F)F)noc2C2CC2)C3)c(C(F)(F)F)c1. The van der Waals surface area contributed by atoms with E-state index in [1.807, 2.05) is 12.1 Å². The predicted octanol–water partition coefficient (Wildman–Crippen LogP) is 14.7. The molecule has 6 saturated carbocycles. The fourth-order valence-corrected chi connectivity index (χ4v) is 13.9. The number of benzene rings is 3. The molecule has 4 aromatic heterocycles. The minimum atomic E-state index is -5.15. The van der Waals surface area contributed by atoms with Crippen LogP contribution in [0.2, 0.25) is 0 Å². The van der Waals surface area contributed by atoms with Crippen LogP contribution in [-0.4, -0.2) is 79.4 Å². The van der Waals surface area contributed by atoms with Crippen molar-refractivity contribution in [1.82, 2.24) is 20.3 Å². The lowest BCUT2D eigenvalue weighted by Gasteiger charge is -2.36. The average Bonchev–Trinajstić information content (AvgIpc) is 1.95. The molecule has 6 atom stereocenters. The Hall–Kier alpha value is -7.93. The molecule has 4 heterocycles. The summed E-state index contributed by atoms with van der Waals surface area (Å²) in [5.74, 6) is -3.59. The van der Waals surface area contributed by atoms with E-state index in [1.165, 1.54) is 36.4 Å². The van der Waals surface area contributed by atoms with E-state index in [4.69, 9.17) is 28.2 Å². The molecule has 0 saturated heterocycles. The van der Waals surface area contributed by atoms with E-state index < -0.39 is 77.2 Å². The summed E-state index contributed by atoms with van der Waals surface area (Å²) in [5.41, 5.74) is 0.383. The van der Waals surface area contributed by atoms with Gasteiger partial charge >= 0.3 is 30.8 Å². The molecule has 0 spiro atoms. The topological polar surface area (TPSA) is 213 Å². The summed E-state index contributed by atoms with van der Waals surface area (Å²) in [7, 11) is 0. The zero-order valence-electron chi connectivity index (χ0n) is 45.5. The second-order valence-corrected chi connectivity index (χ2v) is 23.5. The average molecular weight is 1200 g/mol. The first-order valence-corrected chi connectivity index (χ1v) is 28.5. The Kier molecular flexibility index (Phi) is 14.7. The highest BCUT2D eigenvalue weighted by Crippen LogP contribution is 2.58. The second-order valence-electron chi connectivity index (χ2n) is 23.5. The van der Waals surface area contributed by atoms with Gasteiger partial charge in [0.25, 0.3) is 0 Å². The number of ether oxygens (including phenoxy) is 4. The van der Waals surface area contributed by atoms with Crippen LogP contribution >= 0.6 is 0 Å². The number of carbonyl (C=O) groups is 2. The largest absolute Gasteiger partial charge is 0.573 e. The molecule has 0 aliphatic heterocycles. The van der Waals surface area contributed by atoms with E-state index in [-0.39, 0.29) is 89.1 Å². The smallest absolute Gasteiger partial charge is 0.478 e. The Morgan fingerprint density at radius 1 is 0.593 bits per heavy atom. The molecular weight excluding hydrogens is 1150 g/mol. The van der Waals surface area contributed by atoms with Crippen molar-refractivity contribution in [3.8, 4) is 34.0 Å². The Labute approximate surface area is 483 Å². The van der Waals surface area contributed by atoms with E-state index in [0.29, 0.717) is 95.9 Å². The number of rotatable bonds is 19. The lowest BCUT2D eigenvalue weighted by Crippen LogP contribution is -2.40. The molecule has 86 heavy (non-hydrogen) atoms. The molecule has 16 nitrogen and oxygen atoms in total. The van der Waals surface area contributed by atoms with Gasteiger partial charge in [-0.05, 0) is 166 Å². The Morgan fingerprint density at radius 2 is 1.17 bits per heavy atom. The maximum atomic E-state index is 14.5. The van der Waals surface area contributed by atoms with Gasteiger partial charge in [-0.3, -0.25) is 0 Å². The van der Waals surface area contributed by atoms with Gasteiger partial charge in [0.15, 0.2) is 0 Å². The summed E-state index contributed by atoms with van der Waals surface area (Å²) >= 11 is 0. The molecular formula is C61H55F9N6O10. The fraction of sp³-hybridized carbons (Fsp3) is 0.443. The van der Waals surface area contributed by atoms with E-state index in [9.17, 15) is 59.3 Å². The number of para-hydroxylation sites is 1. The lowest BCUT2D eigenvalue weighted by molar-refractivity contribution is -0.275. The van der Waals surface area contributed by atoms with Crippen molar-refractivity contribution in [3.05, 3.63) is 130 Å². The van der Waals surface area contributed by atoms with E-state index in [1.54, 1.807) is 18.2 Å². The number of pyridine rings is 2. The molecule has 7 aromatic rings. The zero-order valence-corrected chi connectivity index (χ0v) is 45.5. The number of fused-ring (bicyclic) bond motifs is 5. The van der Waals surface area contributed by atoms with E-state index >= 15 is 0 Å². The molecule has 4 bridgehead atoms. The highest BCUT2D eigenvalue weighted by Gasteiger charge is 2.49. The fourth-order valence-electron chi connectivity index (χ4n) is 13.9. The Morgan fingerprint density at radius 3 is 1.78 bits per heavy atom. The van der Waals surface area contributed by atoms with Crippen LogP contribution in [-0.2, 0) is 28.9 Å². The third-order valence-electron chi connectivity index (χ3n) is 18.0. The van der Waals surface area contributed by atoms with Gasteiger partial charge in [0, 0.05) is 57.8 Å². The third kappa shape index (κ3) is 11.9. The first-order chi connectivity index (χ1) is 41.1. The maximum Gasteiger partial charge on any atom is 0.573 e. The van der Waals surface area contributed by atoms with Crippen molar-refractivity contribution < 1.29 is 87.3 Å². The molecule has 452 valence electrons. The summed E-state index contributed by atoms with van der Waals surface area (Å²) in [6.45, 7) is -0.213. The minimum Gasteiger partial charge on any atom is -0.478 e. The van der Waals surface area contributed by atoms with Crippen molar-refractivity contribution in [2.75, 3.05) is 10.6 Å². The van der Waals surface area contributed by atoms with Gasteiger partial charge in [0.1, 0.15) is 46.0 Å². The van der Waals surface area contributed by atoms with Crippen LogP contribution in [0.5, 0.6) is 11.5 Å². The quantitative estimate of drug-likeness (QED) is 0.0554. The number of hydrogen-bond donors (Lipinski definition) is 4. The molecule has 4 N–H and O–H groups in total. The molecule has 25 heteroatoms. The van der Waals surface area contributed by atoms with Crippen LogP contribution < -0.4 is 20.1 Å². The standard InChI is InChI=1S/C61H55F9N6O10/c62-59(63,64)45-22-36(58(79)80)25-71-56(45)74-51-33-9-10-34(51)21-38(20-33)81-26-43-53(75-85-54(43)28-5-6-28)40-14-11-29(23-48(40)84-61(68,69)70)41-24-42(41)55-44(52(76-86-55)39-3-1-2-4-47(39)83-60(65,66)67)27-82-37-18-31-7-8-32(19-37)50(31)73-49-16-13-30-17-35(57(77)78)12-15-46(30)72-49/h1-4,11-17,22-23,25,28,31-34,37-38,41-42,50-51H,5-10,18-21,24,26-27H2,(H,71,74)(H,72,73)(H,77,78)(H,79,80). The van der Waals surface area contributed by atoms with E-state index in [2.05, 4.69) is 30.7 Å². The van der Waals surface area contributed by atoms with Crippen molar-refractivity contribution in [2.45, 2.75) is 145 Å². The first-order valence-electron chi connectivity index (χ1n) is 28.5. The van der Waals surface area contributed by atoms with Gasteiger partial charge in [-0.1, -0.05) is 28.5 Å². The number of carboxylic acid groups (broad SMARTS) is 2. The normalized spacial score (nSPS) is 25.3. The first kappa shape index (κ1) is 57.2. The minimum absolute atomic E-state index is 0.00607. The zero-order chi connectivity index (χ0) is 60.0. The number of alkyl halides is 9. The van der Waals surface area contributed by atoms with Gasteiger partial charge in [-0.25, -0.2) is 19.6 Å². The number of anilines is 2. The highest BCUT2D eigenvalue weighted by molar-refractivity contribution is 5.93. The van der Waals surface area contributed by atoms with Gasteiger partial charge in [-0.15, -0.1) is 26.3 Å². The lowest BCUT2D eigenvalue weighted by atomic mass is 9.82. The molecule has 0 radical (unpaired) electrons. The predicted molar refractivity (Wildman–Crippen MR) is 287 cm³/mol. The second kappa shape index (κ2) is 22.1. The summed E-state index contributed by atoms with van der Waals surface area (Å²) in [6, 6.07) is 18.5. The van der Waals surface area contributed by atoms with Crippen LogP contribution in [0.25, 0.3) is 33.4 Å². The van der Waals surface area contributed by atoms with Gasteiger partial charge < -0.3 is 48.8 Å². The number of nitrogens with zero attached hydrogens (tertiary/aromatic N) is 4. The molecule has 3 aromatic carbocycles. The summed E-state index contributed by atoms with van der Waals surface area (Å²) in [4.78, 5) is 31.6. The monoisotopic (exact) mass is 1200 g/mol. The summed E-state index contributed by atoms with van der Waals surface area (Å²) in [6.07, 6.45) is -7.56. The molecule has 6 fully saturated rings. The molecule has 0 amide bonds.